The van der Waals surface area contributed by atoms with Gasteiger partial charge in [-0.15, -0.1) is 0 Å². The Kier molecular flexibility index (Phi) is 16.3. The molecule has 0 radical (unpaired) electrons. The summed E-state index contributed by atoms with van der Waals surface area (Å²) in [5, 5.41) is 0. The number of nitrogen functional groups attached to an aromatic ring is 2. The van der Waals surface area contributed by atoms with Crippen molar-refractivity contribution < 1.29 is 176 Å². The third kappa shape index (κ3) is 9.56. The van der Waals surface area contributed by atoms with Gasteiger partial charge in [0.25, 0.3) is 0 Å². The molecule has 4 N–H and O–H groups in total. The molecule has 2 aromatic carbocycles. The molecule has 426 valence electrons. The Morgan fingerprint density at radius 2 is 0.521 bits per heavy atom. The molecule has 0 bridgehead atoms. The number of alkyl halides is 38. The molecule has 0 unspecified atom stereocenters. The molecule has 0 aromatic heterocycles. The van der Waals surface area contributed by atoms with Crippen LogP contribution in [0.2, 0.25) is 0 Å². The lowest BCUT2D eigenvalue weighted by molar-refractivity contribution is -0.476. The lowest BCUT2D eigenvalue weighted by atomic mass is 9.88. The zero-order valence-electron chi connectivity index (χ0n) is 32.9. The van der Waals surface area contributed by atoms with Crippen LogP contribution in [0.5, 0.6) is 11.5 Å². The van der Waals surface area contributed by atoms with Crippen molar-refractivity contribution in [2.75, 3.05) is 11.5 Å². The van der Waals surface area contributed by atoms with Gasteiger partial charge in [-0.2, -0.15) is 167 Å². The first-order valence-corrected chi connectivity index (χ1v) is 16.6. The predicted octanol–water partition coefficient (Wildman–Crippen LogP) is 14.8. The minimum absolute atomic E-state index is 0.0398. The van der Waals surface area contributed by atoms with Gasteiger partial charge in [0.1, 0.15) is 5.75 Å². The topological polar surface area (TPSA) is 70.5 Å². The molecule has 0 aliphatic heterocycles. The molecular weight excluding hydrogens is 1150 g/mol. The molecule has 0 saturated heterocycles. The lowest BCUT2D eigenvalue weighted by Gasteiger charge is -2.43. The van der Waals surface area contributed by atoms with E-state index in [9.17, 15) is 167 Å². The molecule has 0 aliphatic carbocycles. The zero-order valence-corrected chi connectivity index (χ0v) is 32.9. The highest BCUT2D eigenvalue weighted by molar-refractivity contribution is 5.59. The first-order chi connectivity index (χ1) is 31.4. The molecule has 0 heterocycles. The van der Waals surface area contributed by atoms with Crippen LogP contribution in [0.15, 0.2) is 42.5 Å². The normalized spacial score (nSPS) is 15.7. The predicted molar refractivity (Wildman–Crippen MR) is 159 cm³/mol. The fourth-order valence-corrected chi connectivity index (χ4v) is 4.35. The van der Waals surface area contributed by atoms with Crippen LogP contribution in [0.4, 0.5) is 178 Å². The van der Waals surface area contributed by atoms with Crippen LogP contribution in [0.25, 0.3) is 0 Å². The van der Waals surface area contributed by atoms with Gasteiger partial charge in [-0.1, -0.05) is 17.7 Å². The summed E-state index contributed by atoms with van der Waals surface area (Å²) >= 11 is 0. The SMILES string of the molecule is Cc1ccc(OC(F)(F)C(F)(F)C(F)(F)C(F)(F)C(F)(F)C(F)(F)C(F)(F)C(F)(F)C(F)(F)F)cc1.Nc1ccc(N)c(OC(F)(F)C(F)(F)C(F)(F)C(F)(F)C(F)(F)C(F)(F)C(F)(F)C(F)(F)C(F)(F)F)c1. The lowest BCUT2D eigenvalue weighted by Crippen LogP contribution is -2.76. The molecule has 4 nitrogen and oxygen atoms in total. The largest absolute Gasteiger partial charge is 0.471 e. The third-order valence-electron chi connectivity index (χ3n) is 8.72. The fourth-order valence-electron chi connectivity index (χ4n) is 4.35. The Morgan fingerprint density at radius 3 is 0.781 bits per heavy atom. The molecule has 0 atom stereocenters. The summed E-state index contributed by atoms with van der Waals surface area (Å²) in [7, 11) is 0. The average Bonchev–Trinajstić information content (AvgIpc) is 3.18. The Hall–Kier alpha value is -5.02. The average molecular weight is 1170 g/mol. The van der Waals surface area contributed by atoms with E-state index in [1.54, 1.807) is 0 Å². The van der Waals surface area contributed by atoms with E-state index in [2.05, 4.69) is 9.47 Å². The summed E-state index contributed by atoms with van der Waals surface area (Å²) in [5.74, 6) is -124. The highest BCUT2D eigenvalue weighted by atomic mass is 19.5. The highest BCUT2D eigenvalue weighted by Crippen LogP contribution is 2.67. The van der Waals surface area contributed by atoms with Crippen molar-refractivity contribution in [2.45, 2.75) is 114 Å². The highest BCUT2D eigenvalue weighted by Gasteiger charge is 2.99. The van der Waals surface area contributed by atoms with Crippen molar-refractivity contribution >= 4 is 11.4 Å². The minimum Gasteiger partial charge on any atom is -0.428 e. The molecule has 0 aliphatic rings. The Labute approximate surface area is 374 Å². The summed E-state index contributed by atoms with van der Waals surface area (Å²) in [5.41, 5.74) is 8.16. The van der Waals surface area contributed by atoms with Gasteiger partial charge in [0.2, 0.25) is 0 Å². The van der Waals surface area contributed by atoms with Crippen LogP contribution in [0.3, 0.4) is 0 Å². The van der Waals surface area contributed by atoms with Crippen molar-refractivity contribution in [3.63, 3.8) is 0 Å². The smallest absolute Gasteiger partial charge is 0.428 e. The second kappa shape index (κ2) is 18.1. The van der Waals surface area contributed by atoms with Crippen molar-refractivity contribution in [1.82, 2.24) is 0 Å². The number of aryl methyl sites for hydroxylation is 1. The maximum Gasteiger partial charge on any atom is 0.471 e. The molecule has 0 saturated carbocycles. The Morgan fingerprint density at radius 1 is 0.288 bits per heavy atom. The quantitative estimate of drug-likeness (QED) is 0.115. The summed E-state index contributed by atoms with van der Waals surface area (Å²) in [6.07, 6.45) is -30.0. The second-order valence-electron chi connectivity index (χ2n) is 13.9. The molecule has 0 fully saturated rings. The third-order valence-corrected chi connectivity index (χ3v) is 8.72. The first kappa shape index (κ1) is 66.0. The molecule has 2 rings (SSSR count). The second-order valence-corrected chi connectivity index (χ2v) is 13.9. The standard InChI is InChI=1S/C16H7F19O.C15H7F19N2O/c1-6-2-4-7(5-3-6)36-16(34,35)14(29,30)12(25,26)10(21,22)8(17,18)9(19,20)11(23,24)13(27,28)15(31,32)33;16-7(17,8(18,19)10(22,23)12(26,27)14(30,31)32)9(20,21)11(24,25)13(28,29)15(33,34)37-6-3-4(35)1-2-5(6)36/h2-5H,1H3;1-3H,35-36H2. The van der Waals surface area contributed by atoms with Crippen LogP contribution in [0, 0.1) is 6.92 Å². The maximum absolute atomic E-state index is 13.8. The van der Waals surface area contributed by atoms with E-state index < -0.39 is 130 Å². The number of anilines is 2. The van der Waals surface area contributed by atoms with Gasteiger partial charge >= 0.3 is 107 Å². The van der Waals surface area contributed by atoms with Gasteiger partial charge in [-0.05, 0) is 31.2 Å². The van der Waals surface area contributed by atoms with Crippen molar-refractivity contribution in [3.05, 3.63) is 48.0 Å². The van der Waals surface area contributed by atoms with Crippen molar-refractivity contribution in [1.29, 1.82) is 0 Å². The summed E-state index contributed by atoms with van der Waals surface area (Å²) in [4.78, 5) is 0. The Balaban J connectivity index is 0.000000730. The number of hydrogen-bond acceptors (Lipinski definition) is 4. The van der Waals surface area contributed by atoms with E-state index in [1.807, 2.05) is 0 Å². The van der Waals surface area contributed by atoms with E-state index in [1.165, 1.54) is 6.92 Å². The van der Waals surface area contributed by atoms with Crippen molar-refractivity contribution in [3.8, 4) is 11.5 Å². The number of halogens is 38. The zero-order chi connectivity index (χ0) is 59.3. The molecule has 2 aromatic rings. The van der Waals surface area contributed by atoms with Crippen molar-refractivity contribution in [2.24, 2.45) is 0 Å². The van der Waals surface area contributed by atoms with Crippen LogP contribution in [-0.2, 0) is 0 Å². The summed E-state index contributed by atoms with van der Waals surface area (Å²) < 4.78 is 508. The van der Waals surface area contributed by atoms with Gasteiger partial charge in [0, 0.05) is 11.8 Å². The van der Waals surface area contributed by atoms with Gasteiger partial charge in [-0.25, -0.2) is 0 Å². The summed E-state index contributed by atoms with van der Waals surface area (Å²) in [6.45, 7) is 1.23. The van der Waals surface area contributed by atoms with E-state index in [0.717, 1.165) is 18.2 Å². The molecular formula is C31H14F38N2O2. The molecule has 73 heavy (non-hydrogen) atoms. The minimum atomic E-state index is -9.00. The van der Waals surface area contributed by atoms with Gasteiger partial charge in [0.15, 0.2) is 5.75 Å². The number of benzene rings is 2. The molecule has 0 amide bonds. The number of ether oxygens (including phenoxy) is 2. The van der Waals surface area contributed by atoms with Crippen LogP contribution in [-0.4, -0.2) is 107 Å². The van der Waals surface area contributed by atoms with Crippen LogP contribution >= 0.6 is 0 Å². The van der Waals surface area contributed by atoms with Crippen LogP contribution in [0.1, 0.15) is 5.56 Å². The first-order valence-electron chi connectivity index (χ1n) is 16.6. The Bertz CT molecular complexity index is 2240. The van der Waals surface area contributed by atoms with E-state index in [-0.39, 0.29) is 11.6 Å². The monoisotopic (exact) mass is 1170 g/mol. The maximum atomic E-state index is 13.8. The molecule has 42 heteroatoms. The van der Waals surface area contributed by atoms with E-state index in [4.69, 9.17) is 11.5 Å². The van der Waals surface area contributed by atoms with E-state index >= 15 is 0 Å². The summed E-state index contributed by atoms with van der Waals surface area (Å²) in [6, 6.07) is 3.33. The molecule has 0 spiro atoms. The number of hydrogen-bond donors (Lipinski definition) is 2. The van der Waals surface area contributed by atoms with Crippen LogP contribution < -0.4 is 20.9 Å². The van der Waals surface area contributed by atoms with Gasteiger partial charge < -0.3 is 20.9 Å². The van der Waals surface area contributed by atoms with E-state index in [0.29, 0.717) is 18.2 Å². The number of rotatable bonds is 18. The fraction of sp³-hybridized carbons (Fsp3) is 0.613. The van der Waals surface area contributed by atoms with Gasteiger partial charge in [-0.3, -0.25) is 0 Å². The van der Waals surface area contributed by atoms with Gasteiger partial charge in [0.05, 0.1) is 5.69 Å². The number of nitrogens with two attached hydrogens (primary N) is 2.